The average molecular weight is 176 g/mol. The fourth-order valence-corrected chi connectivity index (χ4v) is 1.16. The monoisotopic (exact) mass is 176 g/mol. The lowest BCUT2D eigenvalue weighted by molar-refractivity contribution is 0.110. The number of rotatable bonds is 2. The zero-order chi connectivity index (χ0) is 9.26. The summed E-state index contributed by atoms with van der Waals surface area (Å²) in [5, 5.41) is 6.66. The predicted octanol–water partition coefficient (Wildman–Crippen LogP) is 1.79. The van der Waals surface area contributed by atoms with E-state index in [9.17, 15) is 4.79 Å². The van der Waals surface area contributed by atoms with Crippen LogP contribution in [0.3, 0.4) is 0 Å². The van der Waals surface area contributed by atoms with E-state index in [4.69, 9.17) is 4.42 Å². The van der Waals surface area contributed by atoms with Crippen LogP contribution < -0.4 is 0 Å². The lowest BCUT2D eigenvalue weighted by Gasteiger charge is -1.91. The predicted molar refractivity (Wildman–Crippen MR) is 46.4 cm³/mol. The number of H-pyrrole nitrogens is 1. The summed E-state index contributed by atoms with van der Waals surface area (Å²) in [5.41, 5.74) is 1.81. The van der Waals surface area contributed by atoms with Gasteiger partial charge in [0.2, 0.25) is 0 Å². The minimum atomic E-state index is 0.329. The Hall–Kier alpha value is -1.84. The maximum Gasteiger partial charge on any atom is 0.185 e. The van der Waals surface area contributed by atoms with Gasteiger partial charge >= 0.3 is 0 Å². The number of carbonyl (C=O) groups excluding carboxylic acids is 1. The number of aldehydes is 1. The van der Waals surface area contributed by atoms with Gasteiger partial charge in [-0.2, -0.15) is 5.10 Å². The van der Waals surface area contributed by atoms with Crippen molar-refractivity contribution < 1.29 is 9.21 Å². The molecule has 2 aromatic rings. The number of aryl methyl sites for hydroxylation is 1. The molecule has 0 amide bonds. The summed E-state index contributed by atoms with van der Waals surface area (Å²) in [6.45, 7) is 1.89. The van der Waals surface area contributed by atoms with Crippen LogP contribution >= 0.6 is 0 Å². The molecule has 4 heteroatoms. The van der Waals surface area contributed by atoms with Crippen molar-refractivity contribution in [3.63, 3.8) is 0 Å². The number of aromatic nitrogens is 2. The Balaban J connectivity index is 2.46. The van der Waals surface area contributed by atoms with Gasteiger partial charge in [0.05, 0.1) is 11.8 Å². The summed E-state index contributed by atoms with van der Waals surface area (Å²) >= 11 is 0. The van der Waals surface area contributed by atoms with Crippen molar-refractivity contribution in [2.24, 2.45) is 0 Å². The van der Waals surface area contributed by atoms with Crippen LogP contribution in [0.5, 0.6) is 0 Å². The van der Waals surface area contributed by atoms with E-state index in [-0.39, 0.29) is 0 Å². The van der Waals surface area contributed by atoms with Gasteiger partial charge in [0.25, 0.3) is 0 Å². The number of nitrogens with one attached hydrogen (secondary N) is 1. The zero-order valence-corrected chi connectivity index (χ0v) is 7.07. The lowest BCUT2D eigenvalue weighted by Crippen LogP contribution is -1.75. The summed E-state index contributed by atoms with van der Waals surface area (Å²) in [5.74, 6) is 0.990. The van der Waals surface area contributed by atoms with E-state index in [2.05, 4.69) is 10.2 Å². The van der Waals surface area contributed by atoms with Crippen LogP contribution in [0.1, 0.15) is 16.2 Å². The summed E-state index contributed by atoms with van der Waals surface area (Å²) in [4.78, 5) is 10.4. The Morgan fingerprint density at radius 1 is 1.54 bits per heavy atom. The molecule has 0 fully saturated rings. The average Bonchev–Trinajstić information content (AvgIpc) is 2.71. The van der Waals surface area contributed by atoms with E-state index in [1.54, 1.807) is 18.3 Å². The smallest absolute Gasteiger partial charge is 0.185 e. The van der Waals surface area contributed by atoms with Crippen molar-refractivity contribution >= 4 is 6.29 Å². The molecule has 0 unspecified atom stereocenters. The summed E-state index contributed by atoms with van der Waals surface area (Å²) in [7, 11) is 0. The first kappa shape index (κ1) is 7.79. The van der Waals surface area contributed by atoms with Crippen LogP contribution in [0.25, 0.3) is 11.3 Å². The number of hydrogen-bond acceptors (Lipinski definition) is 3. The summed E-state index contributed by atoms with van der Waals surface area (Å²) in [6, 6.07) is 3.39. The molecule has 0 aliphatic heterocycles. The van der Waals surface area contributed by atoms with Crippen molar-refractivity contribution in [3.05, 3.63) is 29.8 Å². The normalized spacial score (nSPS) is 10.2. The highest BCUT2D eigenvalue weighted by Crippen LogP contribution is 2.22. The molecule has 2 rings (SSSR count). The second-order valence-electron chi connectivity index (χ2n) is 2.73. The Morgan fingerprint density at radius 3 is 2.92 bits per heavy atom. The van der Waals surface area contributed by atoms with E-state index in [1.165, 1.54) is 0 Å². The first-order chi connectivity index (χ1) is 6.31. The van der Waals surface area contributed by atoms with Crippen molar-refractivity contribution in [3.8, 4) is 11.3 Å². The van der Waals surface area contributed by atoms with E-state index in [0.717, 1.165) is 11.3 Å². The zero-order valence-electron chi connectivity index (χ0n) is 7.07. The third kappa shape index (κ3) is 1.26. The van der Waals surface area contributed by atoms with Crippen LogP contribution in [-0.4, -0.2) is 16.5 Å². The van der Waals surface area contributed by atoms with Gasteiger partial charge in [-0.05, 0) is 19.1 Å². The molecule has 2 heterocycles. The largest absolute Gasteiger partial charge is 0.453 e. The molecule has 0 aromatic carbocycles. The lowest BCUT2D eigenvalue weighted by atomic mass is 10.2. The Morgan fingerprint density at radius 2 is 2.38 bits per heavy atom. The number of carbonyl (C=O) groups is 1. The Labute approximate surface area is 74.6 Å². The fraction of sp³-hybridized carbons (Fsp3) is 0.111. The van der Waals surface area contributed by atoms with Crippen molar-refractivity contribution in [2.75, 3.05) is 0 Å². The molecule has 0 spiro atoms. The number of furan rings is 1. The summed E-state index contributed by atoms with van der Waals surface area (Å²) in [6.07, 6.45) is 2.35. The van der Waals surface area contributed by atoms with E-state index < -0.39 is 0 Å². The number of aromatic amines is 1. The maximum absolute atomic E-state index is 10.4. The van der Waals surface area contributed by atoms with Gasteiger partial charge in [-0.25, -0.2) is 0 Å². The Bertz CT molecular complexity index is 428. The first-order valence-corrected chi connectivity index (χ1v) is 3.86. The minimum Gasteiger partial charge on any atom is -0.453 e. The van der Waals surface area contributed by atoms with Gasteiger partial charge in [-0.1, -0.05) is 0 Å². The molecule has 0 radical (unpaired) electrons. The second-order valence-corrected chi connectivity index (χ2v) is 2.73. The molecule has 13 heavy (non-hydrogen) atoms. The van der Waals surface area contributed by atoms with Crippen LogP contribution in [-0.2, 0) is 0 Å². The fourth-order valence-electron chi connectivity index (χ4n) is 1.16. The van der Waals surface area contributed by atoms with Crippen molar-refractivity contribution in [1.82, 2.24) is 10.2 Å². The number of hydrogen-bond donors (Lipinski definition) is 1. The molecule has 0 aliphatic carbocycles. The van der Waals surface area contributed by atoms with Crippen LogP contribution in [0.4, 0.5) is 0 Å². The third-order valence-electron chi connectivity index (χ3n) is 1.84. The molecule has 2 aromatic heterocycles. The number of nitrogens with zero attached hydrogens (tertiary/aromatic N) is 1. The van der Waals surface area contributed by atoms with Gasteiger partial charge in [0.1, 0.15) is 5.76 Å². The quantitative estimate of drug-likeness (QED) is 0.709. The topological polar surface area (TPSA) is 58.9 Å². The Kier molecular flexibility index (Phi) is 1.73. The molecule has 0 saturated carbocycles. The molecule has 66 valence electrons. The van der Waals surface area contributed by atoms with E-state index in [0.29, 0.717) is 17.8 Å². The van der Waals surface area contributed by atoms with Crippen LogP contribution in [0.2, 0.25) is 0 Å². The van der Waals surface area contributed by atoms with E-state index >= 15 is 0 Å². The molecule has 0 saturated heterocycles. The first-order valence-electron chi connectivity index (χ1n) is 3.86. The summed E-state index contributed by atoms with van der Waals surface area (Å²) < 4.78 is 5.23. The molecule has 4 nitrogen and oxygen atoms in total. The van der Waals surface area contributed by atoms with Crippen molar-refractivity contribution in [2.45, 2.75) is 6.92 Å². The van der Waals surface area contributed by atoms with Gasteiger partial charge < -0.3 is 4.42 Å². The minimum absolute atomic E-state index is 0.329. The highest BCUT2D eigenvalue weighted by Gasteiger charge is 2.07. The van der Waals surface area contributed by atoms with Crippen LogP contribution in [0.15, 0.2) is 22.7 Å². The second kappa shape index (κ2) is 2.90. The highest BCUT2D eigenvalue weighted by atomic mass is 16.3. The maximum atomic E-state index is 10.4. The molecule has 0 bridgehead atoms. The highest BCUT2D eigenvalue weighted by molar-refractivity contribution is 5.73. The SMILES string of the molecule is Cc1[nH]ncc1-c1ccc(C=O)o1. The molecule has 0 aliphatic rings. The van der Waals surface area contributed by atoms with Gasteiger partial charge in [-0.15, -0.1) is 0 Å². The van der Waals surface area contributed by atoms with Crippen molar-refractivity contribution in [1.29, 1.82) is 0 Å². The van der Waals surface area contributed by atoms with E-state index in [1.807, 2.05) is 6.92 Å². The molecule has 0 atom stereocenters. The molecular weight excluding hydrogens is 168 g/mol. The third-order valence-corrected chi connectivity index (χ3v) is 1.84. The van der Waals surface area contributed by atoms with Gasteiger partial charge in [-0.3, -0.25) is 9.89 Å². The van der Waals surface area contributed by atoms with Gasteiger partial charge in [0.15, 0.2) is 12.0 Å². The van der Waals surface area contributed by atoms with Gasteiger partial charge in [0, 0.05) is 5.69 Å². The molecular formula is C9H8N2O2. The standard InChI is InChI=1S/C9H8N2O2/c1-6-8(4-10-11-6)9-3-2-7(5-12)13-9/h2-5H,1H3,(H,10,11). The molecule has 1 N–H and O–H groups in total. The van der Waals surface area contributed by atoms with Crippen LogP contribution in [0, 0.1) is 6.92 Å².